The lowest BCUT2D eigenvalue weighted by atomic mass is 10.1. The third kappa shape index (κ3) is 3.75. The molecule has 4 nitrogen and oxygen atoms in total. The van der Waals surface area contributed by atoms with Gasteiger partial charge in [-0.2, -0.15) is 5.26 Å². The van der Waals surface area contributed by atoms with Gasteiger partial charge in [-0.1, -0.05) is 18.9 Å². The van der Waals surface area contributed by atoms with E-state index in [-0.39, 0.29) is 11.9 Å². The van der Waals surface area contributed by atoms with Gasteiger partial charge in [0, 0.05) is 25.8 Å². The predicted molar refractivity (Wildman–Crippen MR) is 84.1 cm³/mol. The van der Waals surface area contributed by atoms with Gasteiger partial charge in [-0.25, -0.2) is 0 Å². The summed E-state index contributed by atoms with van der Waals surface area (Å²) in [7, 11) is 1.91. The Morgan fingerprint density at radius 1 is 1.29 bits per heavy atom. The van der Waals surface area contributed by atoms with E-state index in [1.807, 2.05) is 42.0 Å². The molecule has 4 heteroatoms. The van der Waals surface area contributed by atoms with Crippen LogP contribution in [0.5, 0.6) is 0 Å². The number of benzene rings is 1. The first-order valence-corrected chi connectivity index (χ1v) is 7.65. The van der Waals surface area contributed by atoms with Gasteiger partial charge in [0.15, 0.2) is 0 Å². The quantitative estimate of drug-likeness (QED) is 0.858. The van der Waals surface area contributed by atoms with Gasteiger partial charge in [0.05, 0.1) is 11.6 Å². The first-order chi connectivity index (χ1) is 10.1. The first kappa shape index (κ1) is 15.4. The molecule has 0 aliphatic carbocycles. The van der Waals surface area contributed by atoms with E-state index in [1.54, 1.807) is 6.07 Å². The van der Waals surface area contributed by atoms with Crippen LogP contribution in [0, 0.1) is 11.3 Å². The summed E-state index contributed by atoms with van der Waals surface area (Å²) in [6, 6.07) is 9.32. The van der Waals surface area contributed by atoms with Crippen LogP contribution in [-0.2, 0) is 4.79 Å². The number of amides is 1. The molecule has 0 saturated carbocycles. The smallest absolute Gasteiger partial charge is 0.244 e. The van der Waals surface area contributed by atoms with Crippen molar-refractivity contribution in [3.05, 3.63) is 29.8 Å². The molecule has 112 valence electrons. The van der Waals surface area contributed by atoms with E-state index in [1.165, 1.54) is 12.8 Å². The Hall–Kier alpha value is -2.02. The number of nitriles is 1. The lowest BCUT2D eigenvalue weighted by molar-refractivity contribution is -0.132. The highest BCUT2D eigenvalue weighted by atomic mass is 16.2. The summed E-state index contributed by atoms with van der Waals surface area (Å²) in [6.07, 6.45) is 4.65. The van der Waals surface area contributed by atoms with Crippen LogP contribution in [0.2, 0.25) is 0 Å². The molecule has 0 radical (unpaired) electrons. The van der Waals surface area contributed by atoms with Gasteiger partial charge in [0.25, 0.3) is 0 Å². The van der Waals surface area contributed by atoms with Crippen LogP contribution < -0.4 is 4.90 Å². The van der Waals surface area contributed by atoms with Crippen LogP contribution >= 0.6 is 0 Å². The third-order valence-corrected chi connectivity index (χ3v) is 4.24. The molecule has 1 saturated heterocycles. The minimum atomic E-state index is -0.211. The van der Waals surface area contributed by atoms with E-state index in [0.717, 1.165) is 31.6 Å². The van der Waals surface area contributed by atoms with Crippen molar-refractivity contribution in [2.75, 3.05) is 25.0 Å². The number of nitrogens with zero attached hydrogens (tertiary/aromatic N) is 3. The van der Waals surface area contributed by atoms with E-state index < -0.39 is 0 Å². The number of carbonyl (C=O) groups excluding carboxylic acids is 1. The normalized spacial score (nSPS) is 16.7. The standard InChI is InChI=1S/C17H23N3O/c1-14(17(21)20-10-5-3-4-6-11-20)19(2)16-9-7-8-15(12-16)13-18/h7-9,12,14H,3-6,10-11H2,1-2H3. The van der Waals surface area contributed by atoms with Gasteiger partial charge in [-0.15, -0.1) is 0 Å². The van der Waals surface area contributed by atoms with Gasteiger partial charge >= 0.3 is 0 Å². The zero-order chi connectivity index (χ0) is 15.2. The van der Waals surface area contributed by atoms with Crippen LogP contribution in [0.1, 0.15) is 38.2 Å². The van der Waals surface area contributed by atoms with Gasteiger partial charge in [-0.3, -0.25) is 4.79 Å². The third-order valence-electron chi connectivity index (χ3n) is 4.24. The fourth-order valence-corrected chi connectivity index (χ4v) is 2.74. The zero-order valence-electron chi connectivity index (χ0n) is 12.9. The maximum Gasteiger partial charge on any atom is 0.244 e. The van der Waals surface area contributed by atoms with Crippen molar-refractivity contribution < 1.29 is 4.79 Å². The zero-order valence-corrected chi connectivity index (χ0v) is 12.9. The topological polar surface area (TPSA) is 47.3 Å². The molecule has 1 aliphatic rings. The van der Waals surface area contributed by atoms with E-state index in [9.17, 15) is 4.79 Å². The molecular formula is C17H23N3O. The van der Waals surface area contributed by atoms with Gasteiger partial charge in [0.2, 0.25) is 5.91 Å². The van der Waals surface area contributed by atoms with Crippen molar-refractivity contribution in [2.45, 2.75) is 38.6 Å². The van der Waals surface area contributed by atoms with Crippen LogP contribution in [-0.4, -0.2) is 37.0 Å². The highest BCUT2D eigenvalue weighted by Crippen LogP contribution is 2.19. The minimum Gasteiger partial charge on any atom is -0.363 e. The summed E-state index contributed by atoms with van der Waals surface area (Å²) in [6.45, 7) is 3.68. The summed E-state index contributed by atoms with van der Waals surface area (Å²) >= 11 is 0. The Kier molecular flexibility index (Phi) is 5.21. The fraction of sp³-hybridized carbons (Fsp3) is 0.529. The molecule has 1 unspecified atom stereocenters. The largest absolute Gasteiger partial charge is 0.363 e. The number of rotatable bonds is 3. The predicted octanol–water partition coefficient (Wildman–Crippen LogP) is 2.79. The van der Waals surface area contributed by atoms with Crippen molar-refractivity contribution in [2.24, 2.45) is 0 Å². The number of hydrogen-bond acceptors (Lipinski definition) is 3. The molecule has 0 aromatic heterocycles. The Morgan fingerprint density at radius 3 is 2.57 bits per heavy atom. The average Bonchev–Trinajstić information content (AvgIpc) is 2.82. The monoisotopic (exact) mass is 285 g/mol. The average molecular weight is 285 g/mol. The van der Waals surface area contributed by atoms with Crippen molar-refractivity contribution in [1.82, 2.24) is 4.90 Å². The van der Waals surface area contributed by atoms with Crippen molar-refractivity contribution >= 4 is 11.6 Å². The fourth-order valence-electron chi connectivity index (χ4n) is 2.74. The number of hydrogen-bond donors (Lipinski definition) is 0. The Labute approximate surface area is 127 Å². The van der Waals surface area contributed by atoms with Crippen molar-refractivity contribution in [3.8, 4) is 6.07 Å². The SMILES string of the molecule is CC(C(=O)N1CCCCCC1)N(C)c1cccc(C#N)c1. The lowest BCUT2D eigenvalue weighted by Crippen LogP contribution is -2.46. The highest BCUT2D eigenvalue weighted by Gasteiger charge is 2.24. The second kappa shape index (κ2) is 7.12. The highest BCUT2D eigenvalue weighted by molar-refractivity contribution is 5.85. The lowest BCUT2D eigenvalue weighted by Gasteiger charge is -2.31. The number of likely N-dealkylation sites (N-methyl/N-ethyl adjacent to an activating group) is 1. The summed E-state index contributed by atoms with van der Waals surface area (Å²) in [5, 5.41) is 8.98. The van der Waals surface area contributed by atoms with Gasteiger partial charge in [-0.05, 0) is 38.0 Å². The Bertz CT molecular complexity index is 527. The van der Waals surface area contributed by atoms with Crippen LogP contribution in [0.15, 0.2) is 24.3 Å². The Morgan fingerprint density at radius 2 is 1.95 bits per heavy atom. The number of carbonyl (C=O) groups is 1. The first-order valence-electron chi connectivity index (χ1n) is 7.65. The maximum absolute atomic E-state index is 12.6. The molecule has 1 aromatic carbocycles. The molecule has 2 rings (SSSR count). The molecule has 1 fully saturated rings. The summed E-state index contributed by atoms with van der Waals surface area (Å²) in [5.74, 6) is 0.182. The molecule has 0 N–H and O–H groups in total. The van der Waals surface area contributed by atoms with Crippen LogP contribution in [0.3, 0.4) is 0 Å². The van der Waals surface area contributed by atoms with Gasteiger partial charge in [0.1, 0.15) is 6.04 Å². The number of anilines is 1. The molecule has 1 aliphatic heterocycles. The van der Waals surface area contributed by atoms with E-state index in [0.29, 0.717) is 5.56 Å². The summed E-state index contributed by atoms with van der Waals surface area (Å²) in [5.41, 5.74) is 1.53. The Balaban J connectivity index is 2.08. The van der Waals surface area contributed by atoms with Crippen LogP contribution in [0.25, 0.3) is 0 Å². The molecular weight excluding hydrogens is 262 g/mol. The maximum atomic E-state index is 12.6. The van der Waals surface area contributed by atoms with Crippen molar-refractivity contribution in [1.29, 1.82) is 5.26 Å². The second-order valence-corrected chi connectivity index (χ2v) is 5.69. The van der Waals surface area contributed by atoms with E-state index in [4.69, 9.17) is 5.26 Å². The molecule has 1 aromatic rings. The summed E-state index contributed by atoms with van der Waals surface area (Å²) < 4.78 is 0. The van der Waals surface area contributed by atoms with Crippen LogP contribution in [0.4, 0.5) is 5.69 Å². The molecule has 21 heavy (non-hydrogen) atoms. The minimum absolute atomic E-state index is 0.182. The van der Waals surface area contributed by atoms with Crippen molar-refractivity contribution in [3.63, 3.8) is 0 Å². The summed E-state index contributed by atoms with van der Waals surface area (Å²) in [4.78, 5) is 16.6. The molecule has 1 atom stereocenters. The molecule has 0 spiro atoms. The molecule has 1 heterocycles. The molecule has 1 amide bonds. The molecule has 0 bridgehead atoms. The van der Waals surface area contributed by atoms with Gasteiger partial charge < -0.3 is 9.80 Å². The van der Waals surface area contributed by atoms with E-state index >= 15 is 0 Å². The van der Waals surface area contributed by atoms with E-state index in [2.05, 4.69) is 6.07 Å². The number of likely N-dealkylation sites (tertiary alicyclic amines) is 1. The second-order valence-electron chi connectivity index (χ2n) is 5.69.